The monoisotopic (exact) mass is 422 g/mol. The van der Waals surface area contributed by atoms with Crippen LogP contribution in [0, 0.1) is 0 Å². The predicted octanol–water partition coefficient (Wildman–Crippen LogP) is 4.34. The molecule has 2 aromatic carbocycles. The number of carbonyl (C=O) groups excluding carboxylic acids is 2. The number of methoxy groups -OCH3 is 1. The number of nitrogens with zero attached hydrogens (tertiary/aromatic N) is 2. The fraction of sp³-hybridized carbons (Fsp3) is 0.440. The second-order valence-corrected chi connectivity index (χ2v) is 8.16. The quantitative estimate of drug-likeness (QED) is 0.695. The zero-order valence-electron chi connectivity index (χ0n) is 18.1. The van der Waals surface area contributed by atoms with E-state index in [0.717, 1.165) is 62.2 Å². The molecule has 6 heteroatoms. The lowest BCUT2D eigenvalue weighted by Gasteiger charge is -2.30. The first kappa shape index (κ1) is 21.2. The largest absolute Gasteiger partial charge is 0.497 e. The molecule has 164 valence electrons. The first-order valence-corrected chi connectivity index (χ1v) is 11.1. The maximum atomic E-state index is 13.1. The minimum Gasteiger partial charge on any atom is -0.497 e. The average molecular weight is 423 g/mol. The first-order valence-electron chi connectivity index (χ1n) is 11.1. The van der Waals surface area contributed by atoms with E-state index in [-0.39, 0.29) is 24.5 Å². The van der Waals surface area contributed by atoms with Gasteiger partial charge in [0.25, 0.3) is 5.91 Å². The van der Waals surface area contributed by atoms with Crippen molar-refractivity contribution in [1.29, 1.82) is 0 Å². The van der Waals surface area contributed by atoms with Gasteiger partial charge in [-0.2, -0.15) is 0 Å². The highest BCUT2D eigenvalue weighted by atomic mass is 16.5. The number of carbonyl (C=O) groups is 2. The predicted molar refractivity (Wildman–Crippen MR) is 119 cm³/mol. The summed E-state index contributed by atoms with van der Waals surface area (Å²) in [5.41, 5.74) is 1.96. The highest BCUT2D eigenvalue weighted by Crippen LogP contribution is 2.31. The van der Waals surface area contributed by atoms with Crippen LogP contribution in [0.5, 0.6) is 11.5 Å². The Morgan fingerprint density at radius 2 is 1.84 bits per heavy atom. The molecule has 31 heavy (non-hydrogen) atoms. The minimum absolute atomic E-state index is 0.00892. The molecule has 2 aromatic rings. The third-order valence-electron chi connectivity index (χ3n) is 6.14. The summed E-state index contributed by atoms with van der Waals surface area (Å²) in [5.74, 6) is 1.56. The molecule has 0 N–H and O–H groups in total. The maximum absolute atomic E-state index is 13.1. The molecule has 6 nitrogen and oxygen atoms in total. The summed E-state index contributed by atoms with van der Waals surface area (Å²) in [6.07, 6.45) is 5.65. The number of benzene rings is 2. The molecule has 2 heterocycles. The van der Waals surface area contributed by atoms with Crippen LogP contribution in [-0.2, 0) is 9.59 Å². The molecule has 1 atom stereocenters. The highest BCUT2D eigenvalue weighted by Gasteiger charge is 2.27. The van der Waals surface area contributed by atoms with Gasteiger partial charge in [0.1, 0.15) is 11.5 Å². The molecule has 0 bridgehead atoms. The van der Waals surface area contributed by atoms with Crippen molar-refractivity contribution in [2.75, 3.05) is 31.7 Å². The van der Waals surface area contributed by atoms with E-state index >= 15 is 0 Å². The van der Waals surface area contributed by atoms with E-state index in [1.165, 1.54) is 0 Å². The van der Waals surface area contributed by atoms with E-state index in [1.807, 2.05) is 53.4 Å². The van der Waals surface area contributed by atoms with E-state index in [4.69, 9.17) is 9.47 Å². The van der Waals surface area contributed by atoms with Gasteiger partial charge < -0.3 is 19.3 Å². The third-order valence-corrected chi connectivity index (χ3v) is 6.14. The van der Waals surface area contributed by atoms with Crippen LogP contribution < -0.4 is 14.4 Å². The molecule has 0 unspecified atom stereocenters. The highest BCUT2D eigenvalue weighted by molar-refractivity contribution is 5.95. The number of likely N-dealkylation sites (tertiary alicyclic amines) is 1. The van der Waals surface area contributed by atoms with Gasteiger partial charge in [0.05, 0.1) is 13.2 Å². The van der Waals surface area contributed by atoms with Gasteiger partial charge >= 0.3 is 0 Å². The summed E-state index contributed by atoms with van der Waals surface area (Å²) in [5, 5.41) is 0. The number of hydrogen-bond donors (Lipinski definition) is 0. The lowest BCUT2D eigenvalue weighted by atomic mass is 10.0. The Morgan fingerprint density at radius 1 is 1.00 bits per heavy atom. The summed E-state index contributed by atoms with van der Waals surface area (Å²) in [6, 6.07) is 15.5. The van der Waals surface area contributed by atoms with Gasteiger partial charge in [-0.25, -0.2) is 0 Å². The molecular weight excluding hydrogens is 392 g/mol. The Bertz CT molecular complexity index is 912. The van der Waals surface area contributed by atoms with Crippen LogP contribution in [0.4, 0.5) is 5.69 Å². The van der Waals surface area contributed by atoms with Gasteiger partial charge in [0, 0.05) is 31.3 Å². The van der Waals surface area contributed by atoms with Crippen LogP contribution in [0.25, 0.3) is 0 Å². The first-order chi connectivity index (χ1) is 15.2. The Morgan fingerprint density at radius 3 is 2.58 bits per heavy atom. The molecule has 2 fully saturated rings. The molecule has 2 aliphatic heterocycles. The third kappa shape index (κ3) is 5.01. The number of ether oxygens (including phenoxy) is 2. The van der Waals surface area contributed by atoms with E-state index in [2.05, 4.69) is 0 Å². The van der Waals surface area contributed by atoms with E-state index in [0.29, 0.717) is 12.2 Å². The van der Waals surface area contributed by atoms with Crippen LogP contribution in [-0.4, -0.2) is 43.5 Å². The van der Waals surface area contributed by atoms with Crippen molar-refractivity contribution in [2.24, 2.45) is 0 Å². The molecule has 0 saturated carbocycles. The second kappa shape index (κ2) is 9.86. The second-order valence-electron chi connectivity index (χ2n) is 8.16. The maximum Gasteiger partial charge on any atom is 0.261 e. The summed E-state index contributed by atoms with van der Waals surface area (Å²) in [7, 11) is 1.66. The lowest BCUT2D eigenvalue weighted by Crippen LogP contribution is -2.38. The summed E-state index contributed by atoms with van der Waals surface area (Å²) >= 11 is 0. The van der Waals surface area contributed by atoms with Crippen molar-refractivity contribution in [3.8, 4) is 11.5 Å². The van der Waals surface area contributed by atoms with Crippen LogP contribution in [0.15, 0.2) is 48.5 Å². The Hall–Kier alpha value is -3.02. The zero-order chi connectivity index (χ0) is 21.6. The number of anilines is 1. The Labute approximate surface area is 183 Å². The van der Waals surface area contributed by atoms with Crippen molar-refractivity contribution in [3.63, 3.8) is 0 Å². The molecule has 0 radical (unpaired) electrons. The smallest absolute Gasteiger partial charge is 0.261 e. The van der Waals surface area contributed by atoms with Crippen molar-refractivity contribution >= 4 is 17.5 Å². The number of rotatable bonds is 6. The molecule has 0 aromatic heterocycles. The van der Waals surface area contributed by atoms with E-state index < -0.39 is 0 Å². The van der Waals surface area contributed by atoms with Gasteiger partial charge in [0.2, 0.25) is 5.91 Å². The fourth-order valence-corrected chi connectivity index (χ4v) is 4.47. The fourth-order valence-electron chi connectivity index (χ4n) is 4.47. The van der Waals surface area contributed by atoms with Gasteiger partial charge in [-0.1, -0.05) is 31.0 Å². The van der Waals surface area contributed by atoms with Gasteiger partial charge in [-0.3, -0.25) is 9.59 Å². The summed E-state index contributed by atoms with van der Waals surface area (Å²) in [4.78, 5) is 28.9. The van der Waals surface area contributed by atoms with Crippen LogP contribution in [0.2, 0.25) is 0 Å². The summed E-state index contributed by atoms with van der Waals surface area (Å²) in [6.45, 7) is 1.46. The number of hydrogen-bond acceptors (Lipinski definition) is 4. The van der Waals surface area contributed by atoms with Crippen LogP contribution >= 0.6 is 0 Å². The lowest BCUT2D eigenvalue weighted by molar-refractivity contribution is -0.135. The van der Waals surface area contributed by atoms with Crippen molar-refractivity contribution < 1.29 is 19.1 Å². The molecule has 0 aliphatic carbocycles. The molecule has 2 saturated heterocycles. The van der Waals surface area contributed by atoms with Gasteiger partial charge in [-0.15, -0.1) is 0 Å². The molecule has 2 amide bonds. The normalized spacial score (nSPS) is 19.3. The molecule has 2 aliphatic rings. The SMILES string of the molecule is COc1ccc([C@H]2CCCCCN2C(=O)COc2cccc(N3CCCC3=O)c2)cc1. The van der Waals surface area contributed by atoms with Crippen molar-refractivity contribution in [3.05, 3.63) is 54.1 Å². The summed E-state index contributed by atoms with van der Waals surface area (Å²) < 4.78 is 11.1. The van der Waals surface area contributed by atoms with E-state index in [1.54, 1.807) is 12.0 Å². The Balaban J connectivity index is 1.44. The standard InChI is InChI=1S/C25H30N2O4/c1-30-21-13-11-19(12-14-21)23-9-3-2-4-15-27(23)25(29)18-31-22-8-5-7-20(17-22)26-16-6-10-24(26)28/h5,7-8,11-14,17,23H,2-4,6,9-10,15-16,18H2,1H3/t23-/m1/s1. The minimum atomic E-state index is -0.00987. The number of amides is 2. The molecule has 0 spiro atoms. The molecule has 4 rings (SSSR count). The van der Waals surface area contributed by atoms with Crippen LogP contribution in [0.3, 0.4) is 0 Å². The van der Waals surface area contributed by atoms with Crippen molar-refractivity contribution in [2.45, 2.75) is 44.6 Å². The average Bonchev–Trinajstić information content (AvgIpc) is 3.08. The molecular formula is C25H30N2O4. The van der Waals surface area contributed by atoms with Gasteiger partial charge in [-0.05, 0) is 49.1 Å². The Kier molecular flexibility index (Phi) is 6.75. The topological polar surface area (TPSA) is 59.1 Å². The van der Waals surface area contributed by atoms with Crippen LogP contribution in [0.1, 0.15) is 50.1 Å². The van der Waals surface area contributed by atoms with E-state index in [9.17, 15) is 9.59 Å². The van der Waals surface area contributed by atoms with Gasteiger partial charge in [0.15, 0.2) is 6.61 Å². The van der Waals surface area contributed by atoms with Crippen molar-refractivity contribution in [1.82, 2.24) is 4.90 Å². The zero-order valence-corrected chi connectivity index (χ0v) is 18.1.